The predicted molar refractivity (Wildman–Crippen MR) is 97.6 cm³/mol. The lowest BCUT2D eigenvalue weighted by Crippen LogP contribution is -2.37. The maximum Gasteiger partial charge on any atom is 0.273 e. The zero-order valence-corrected chi connectivity index (χ0v) is 14.2. The van der Waals surface area contributed by atoms with Gasteiger partial charge in [0.05, 0.1) is 10.6 Å². The van der Waals surface area contributed by atoms with Crippen molar-refractivity contribution >= 4 is 17.6 Å². The Kier molecular flexibility index (Phi) is 5.22. The molecule has 0 aromatic carbocycles. The molecule has 1 aliphatic rings. The quantitative estimate of drug-likeness (QED) is 0.725. The maximum atomic E-state index is 12.0. The summed E-state index contributed by atoms with van der Waals surface area (Å²) in [5, 5.41) is 9.36. The highest BCUT2D eigenvalue weighted by Gasteiger charge is 2.24. The van der Waals surface area contributed by atoms with Crippen LogP contribution in [0.1, 0.15) is 24.6 Å². The van der Waals surface area contributed by atoms with Crippen molar-refractivity contribution in [3.8, 4) is 10.6 Å². The van der Waals surface area contributed by atoms with Crippen molar-refractivity contribution in [3.63, 3.8) is 0 Å². The first-order valence-electron chi connectivity index (χ1n) is 7.98. The highest BCUT2D eigenvalue weighted by atomic mass is 32.1. The molecule has 1 unspecified atom stereocenters. The van der Waals surface area contributed by atoms with Gasteiger partial charge in [-0.2, -0.15) is 4.98 Å². The Labute approximate surface area is 144 Å². The summed E-state index contributed by atoms with van der Waals surface area (Å²) in [6, 6.07) is 5.52. The number of hydrogen-bond donors (Lipinski definition) is 3. The van der Waals surface area contributed by atoms with Gasteiger partial charge in [-0.3, -0.25) is 9.69 Å². The smallest absolute Gasteiger partial charge is 0.273 e. The van der Waals surface area contributed by atoms with Crippen LogP contribution in [0.2, 0.25) is 0 Å². The Hall–Kier alpha value is -2.25. The van der Waals surface area contributed by atoms with E-state index in [1.165, 1.54) is 12.4 Å². The average Bonchev–Trinajstić information content (AvgIpc) is 3.14. The van der Waals surface area contributed by atoms with E-state index in [4.69, 9.17) is 11.1 Å². The Bertz CT molecular complexity index is 781. The van der Waals surface area contributed by atoms with E-state index in [0.717, 1.165) is 47.9 Å². The van der Waals surface area contributed by atoms with Crippen molar-refractivity contribution in [3.05, 3.63) is 51.5 Å². The molecule has 1 saturated heterocycles. The molecule has 2 aromatic rings. The number of aromatic amines is 1. The molecule has 3 rings (SSSR count). The molecule has 0 bridgehead atoms. The van der Waals surface area contributed by atoms with Gasteiger partial charge in [-0.15, -0.1) is 11.3 Å². The van der Waals surface area contributed by atoms with Crippen LogP contribution in [0.15, 0.2) is 40.1 Å². The summed E-state index contributed by atoms with van der Waals surface area (Å²) in [7, 11) is 0. The standard InChI is InChI=1S/C17H21N5OS/c18-8-12(9-19)10-22-5-1-3-13(11-22)17-20-14(7-16(23)21-17)15-4-2-6-24-15/h2,4,6-9,13,18H,1,3,5,10-11,19H2,(H,20,21,23)/b12-9+,18-8?. The summed E-state index contributed by atoms with van der Waals surface area (Å²) in [5.41, 5.74) is 6.97. The normalized spacial score (nSPS) is 19.3. The van der Waals surface area contributed by atoms with Crippen LogP contribution in [0.5, 0.6) is 0 Å². The fourth-order valence-corrected chi connectivity index (χ4v) is 3.76. The van der Waals surface area contributed by atoms with Gasteiger partial charge < -0.3 is 16.1 Å². The van der Waals surface area contributed by atoms with Crippen molar-refractivity contribution in [1.82, 2.24) is 14.9 Å². The molecule has 4 N–H and O–H groups in total. The van der Waals surface area contributed by atoms with Gasteiger partial charge >= 0.3 is 0 Å². The zero-order valence-electron chi connectivity index (χ0n) is 13.4. The molecule has 0 spiro atoms. The Morgan fingerprint density at radius 1 is 1.58 bits per heavy atom. The number of rotatable bonds is 5. The highest BCUT2D eigenvalue weighted by molar-refractivity contribution is 7.13. The molecule has 1 fully saturated rings. The van der Waals surface area contributed by atoms with Gasteiger partial charge in [0.1, 0.15) is 5.82 Å². The van der Waals surface area contributed by atoms with Crippen LogP contribution >= 0.6 is 11.3 Å². The van der Waals surface area contributed by atoms with E-state index in [-0.39, 0.29) is 11.5 Å². The van der Waals surface area contributed by atoms with Gasteiger partial charge in [0, 0.05) is 31.3 Å². The first-order chi connectivity index (χ1) is 11.7. The lowest BCUT2D eigenvalue weighted by Gasteiger charge is -2.32. The minimum absolute atomic E-state index is 0.191. The molecular formula is C17H21N5OS. The van der Waals surface area contributed by atoms with Gasteiger partial charge in [-0.25, -0.2) is 0 Å². The van der Waals surface area contributed by atoms with Gasteiger partial charge in [0.15, 0.2) is 0 Å². The van der Waals surface area contributed by atoms with Gasteiger partial charge in [0.25, 0.3) is 5.56 Å². The number of nitrogens with two attached hydrogens (primary N) is 1. The number of nitrogens with one attached hydrogen (secondary N) is 2. The minimum Gasteiger partial charge on any atom is -0.404 e. The first-order valence-corrected chi connectivity index (χ1v) is 8.86. The van der Waals surface area contributed by atoms with Crippen molar-refractivity contribution in [1.29, 1.82) is 5.41 Å². The minimum atomic E-state index is -0.202. The summed E-state index contributed by atoms with van der Waals surface area (Å²) < 4.78 is 0. The predicted octanol–water partition coefficient (Wildman–Crippen LogP) is 2.17. The summed E-state index contributed by atoms with van der Waals surface area (Å²) in [5.74, 6) is 0.944. The number of H-pyrrole nitrogens is 1. The fraction of sp³-hybridized carbons (Fsp3) is 0.353. The number of nitrogens with zero attached hydrogens (tertiary/aromatic N) is 2. The molecule has 0 amide bonds. The average molecular weight is 343 g/mol. The number of hydrogen-bond acceptors (Lipinski definition) is 6. The van der Waals surface area contributed by atoms with Crippen LogP contribution in [0, 0.1) is 5.41 Å². The summed E-state index contributed by atoms with van der Waals surface area (Å²) in [6.45, 7) is 2.43. The van der Waals surface area contributed by atoms with E-state index in [1.54, 1.807) is 17.4 Å². The van der Waals surface area contributed by atoms with Crippen LogP contribution in [-0.2, 0) is 0 Å². The van der Waals surface area contributed by atoms with Gasteiger partial charge in [-0.05, 0) is 42.6 Å². The lowest BCUT2D eigenvalue weighted by atomic mass is 9.96. The molecule has 1 atom stereocenters. The van der Waals surface area contributed by atoms with Crippen LogP contribution in [0.3, 0.4) is 0 Å². The maximum absolute atomic E-state index is 12.0. The molecule has 6 nitrogen and oxygen atoms in total. The van der Waals surface area contributed by atoms with Crippen LogP contribution < -0.4 is 11.3 Å². The van der Waals surface area contributed by atoms with E-state index in [0.29, 0.717) is 6.54 Å². The van der Waals surface area contributed by atoms with E-state index >= 15 is 0 Å². The van der Waals surface area contributed by atoms with Gasteiger partial charge in [0.2, 0.25) is 0 Å². The Morgan fingerprint density at radius 2 is 2.46 bits per heavy atom. The van der Waals surface area contributed by atoms with Crippen molar-refractivity contribution in [2.45, 2.75) is 18.8 Å². The summed E-state index contributed by atoms with van der Waals surface area (Å²) in [4.78, 5) is 22.9. The van der Waals surface area contributed by atoms with Crippen LogP contribution in [0.4, 0.5) is 0 Å². The van der Waals surface area contributed by atoms with Gasteiger partial charge in [-0.1, -0.05) is 6.07 Å². The third-order valence-electron chi connectivity index (χ3n) is 4.25. The third kappa shape index (κ3) is 3.80. The molecule has 0 saturated carbocycles. The molecule has 3 heterocycles. The van der Waals surface area contributed by atoms with Crippen molar-refractivity contribution < 1.29 is 0 Å². The molecular weight excluding hydrogens is 322 g/mol. The van der Waals surface area contributed by atoms with Crippen molar-refractivity contribution in [2.75, 3.05) is 19.6 Å². The first kappa shape index (κ1) is 16.6. The van der Waals surface area contributed by atoms with Crippen LogP contribution in [0.25, 0.3) is 10.6 Å². The second kappa shape index (κ2) is 7.55. The molecule has 0 aliphatic carbocycles. The molecule has 7 heteroatoms. The molecule has 2 aromatic heterocycles. The molecule has 1 aliphatic heterocycles. The van der Waals surface area contributed by atoms with E-state index in [9.17, 15) is 4.79 Å². The second-order valence-electron chi connectivity index (χ2n) is 5.96. The zero-order chi connectivity index (χ0) is 16.9. The third-order valence-corrected chi connectivity index (χ3v) is 5.15. The monoisotopic (exact) mass is 343 g/mol. The van der Waals surface area contributed by atoms with Crippen LogP contribution in [-0.4, -0.2) is 40.7 Å². The number of likely N-dealkylation sites (tertiary alicyclic amines) is 1. The largest absolute Gasteiger partial charge is 0.404 e. The summed E-state index contributed by atoms with van der Waals surface area (Å²) >= 11 is 1.60. The van der Waals surface area contributed by atoms with E-state index in [1.807, 2.05) is 17.5 Å². The lowest BCUT2D eigenvalue weighted by molar-refractivity contribution is 0.221. The molecule has 126 valence electrons. The second-order valence-corrected chi connectivity index (χ2v) is 6.90. The van der Waals surface area contributed by atoms with E-state index < -0.39 is 0 Å². The molecule has 0 radical (unpaired) electrons. The Balaban J connectivity index is 1.81. The number of aromatic nitrogens is 2. The number of piperidine rings is 1. The fourth-order valence-electron chi connectivity index (χ4n) is 3.06. The molecule has 24 heavy (non-hydrogen) atoms. The SMILES string of the molecule is N=C/C(=C\N)CN1CCCC(c2nc(=O)cc(-c3cccs3)[nH]2)C1. The Morgan fingerprint density at radius 3 is 3.17 bits per heavy atom. The van der Waals surface area contributed by atoms with Crippen molar-refractivity contribution in [2.24, 2.45) is 5.73 Å². The number of thiophene rings is 1. The van der Waals surface area contributed by atoms with E-state index in [2.05, 4.69) is 14.9 Å². The highest BCUT2D eigenvalue weighted by Crippen LogP contribution is 2.27. The summed E-state index contributed by atoms with van der Waals surface area (Å²) in [6.07, 6.45) is 4.81. The topological polar surface area (TPSA) is 98.9 Å².